The number of Topliss-reactive ketones (excluding diaryl/α,β-unsaturated/α-hetero) is 1. The van der Waals surface area contributed by atoms with Crippen LogP contribution < -0.4 is 4.74 Å². The Morgan fingerprint density at radius 2 is 1.48 bits per heavy atom. The van der Waals surface area contributed by atoms with Crippen molar-refractivity contribution in [3.63, 3.8) is 0 Å². The average molecular weight is 954 g/mol. The highest BCUT2D eigenvalue weighted by Crippen LogP contribution is 2.65. The van der Waals surface area contributed by atoms with Crippen molar-refractivity contribution in [2.45, 2.75) is 134 Å². The predicted molar refractivity (Wildman–Crippen MR) is 246 cm³/mol. The molecule has 0 aromatic heterocycles. The van der Waals surface area contributed by atoms with E-state index in [-0.39, 0.29) is 25.0 Å². The van der Waals surface area contributed by atoms with Gasteiger partial charge in [0.2, 0.25) is 0 Å². The normalized spacial score (nSPS) is 33.7. The molecule has 2 saturated carbocycles. The van der Waals surface area contributed by atoms with Crippen LogP contribution in [-0.4, -0.2) is 121 Å². The van der Waals surface area contributed by atoms with Crippen molar-refractivity contribution in [1.29, 1.82) is 0 Å². The van der Waals surface area contributed by atoms with Crippen molar-refractivity contribution in [3.8, 4) is 5.75 Å². The summed E-state index contributed by atoms with van der Waals surface area (Å²) in [4.78, 5) is 74.6. The number of hydrogen-bond donors (Lipinski definition) is 1. The number of carbonyl (C=O) groups is 5. The van der Waals surface area contributed by atoms with Crippen LogP contribution in [-0.2, 0) is 52.3 Å². The van der Waals surface area contributed by atoms with Gasteiger partial charge in [-0.15, -0.1) is 0 Å². The fourth-order valence-corrected chi connectivity index (χ4v) is 11.8. The lowest BCUT2D eigenvalue weighted by Gasteiger charge is -2.67. The van der Waals surface area contributed by atoms with E-state index in [2.05, 4.69) is 0 Å². The molecule has 3 aromatic rings. The molecule has 1 amide bonds. The molecule has 16 heteroatoms. The highest BCUT2D eigenvalue weighted by Gasteiger charge is 2.78. The van der Waals surface area contributed by atoms with Crippen LogP contribution in [0.2, 0.25) is 0 Å². The van der Waals surface area contributed by atoms with Gasteiger partial charge in [0.15, 0.2) is 23.7 Å². The Bertz CT molecular complexity index is 2490. The van der Waals surface area contributed by atoms with Gasteiger partial charge in [-0.25, -0.2) is 14.4 Å². The van der Waals surface area contributed by atoms with E-state index in [0.717, 1.165) is 0 Å². The van der Waals surface area contributed by atoms with Gasteiger partial charge in [-0.05, 0) is 75.6 Å². The minimum Gasteiger partial charge on any atom is -0.497 e. The maximum Gasteiger partial charge on any atom is 0.413 e. The number of ketones is 1. The molecule has 2 heterocycles. The fraction of sp³-hybridized carbons (Fsp3) is 0.528. The van der Waals surface area contributed by atoms with Gasteiger partial charge in [-0.2, -0.15) is 0 Å². The Morgan fingerprint density at radius 3 is 2.03 bits per heavy atom. The number of esters is 3. The maximum absolute atomic E-state index is 15.8. The second-order valence-corrected chi connectivity index (χ2v) is 20.4. The molecule has 12 atom stereocenters. The first kappa shape index (κ1) is 49.8. The van der Waals surface area contributed by atoms with Crippen LogP contribution >= 0.6 is 0 Å². The lowest BCUT2D eigenvalue weighted by atomic mass is 9.44. The molecule has 5 aliphatic rings. The predicted octanol–water partition coefficient (Wildman–Crippen LogP) is 7.03. The van der Waals surface area contributed by atoms with E-state index < -0.39 is 112 Å². The molecule has 3 aromatic carbocycles. The summed E-state index contributed by atoms with van der Waals surface area (Å²) < 4.78 is 55.9. The first-order valence-corrected chi connectivity index (χ1v) is 23.2. The second-order valence-electron chi connectivity index (χ2n) is 20.4. The molecule has 8 rings (SSSR count). The third kappa shape index (κ3) is 8.21. The number of aliphatic hydroxyl groups is 1. The van der Waals surface area contributed by atoms with Crippen molar-refractivity contribution in [2.24, 2.45) is 16.7 Å². The Morgan fingerprint density at radius 1 is 0.841 bits per heavy atom. The zero-order chi connectivity index (χ0) is 50.0. The van der Waals surface area contributed by atoms with Gasteiger partial charge in [-0.1, -0.05) is 74.5 Å². The Kier molecular flexibility index (Phi) is 13.2. The molecule has 1 N–H and O–H groups in total. The number of fused-ring (bicyclic) bond motifs is 5. The molecular formula is C53H63NO15. The van der Waals surface area contributed by atoms with Gasteiger partial charge >= 0.3 is 24.0 Å². The Hall–Kier alpha value is -5.65. The van der Waals surface area contributed by atoms with Crippen LogP contribution in [0.1, 0.15) is 102 Å². The van der Waals surface area contributed by atoms with Gasteiger partial charge in [0.05, 0.1) is 36.7 Å². The molecule has 0 spiro atoms. The van der Waals surface area contributed by atoms with E-state index in [1.807, 2.05) is 0 Å². The van der Waals surface area contributed by atoms with Gasteiger partial charge in [0.1, 0.15) is 47.4 Å². The van der Waals surface area contributed by atoms with E-state index in [9.17, 15) is 19.5 Å². The summed E-state index contributed by atoms with van der Waals surface area (Å²) >= 11 is 0. The highest BCUT2D eigenvalue weighted by atomic mass is 16.6. The van der Waals surface area contributed by atoms with Crippen molar-refractivity contribution in [2.75, 3.05) is 27.9 Å². The summed E-state index contributed by atoms with van der Waals surface area (Å²) in [6.07, 6.45) is -9.71. The molecule has 370 valence electrons. The Balaban J connectivity index is 1.29. The summed E-state index contributed by atoms with van der Waals surface area (Å²) in [5.74, 6) is -3.65. The van der Waals surface area contributed by atoms with Crippen molar-refractivity contribution in [1.82, 2.24) is 4.90 Å². The molecule has 69 heavy (non-hydrogen) atoms. The molecule has 0 unspecified atom stereocenters. The number of amides is 1. The molecular weight excluding hydrogens is 891 g/mol. The van der Waals surface area contributed by atoms with Crippen LogP contribution in [0.4, 0.5) is 4.79 Å². The third-order valence-corrected chi connectivity index (χ3v) is 15.1. The maximum atomic E-state index is 15.8. The molecule has 2 bridgehead atoms. The largest absolute Gasteiger partial charge is 0.497 e. The summed E-state index contributed by atoms with van der Waals surface area (Å²) in [7, 11) is 4.37. The fourth-order valence-electron chi connectivity index (χ4n) is 11.8. The number of carbonyl (C=O) groups excluding carboxylic acids is 5. The average Bonchev–Trinajstić information content (AvgIpc) is 3.72. The SMILES string of the molecule is COc1ccc([C@H]2O[C@@H](C(=O)O[C@H]3C[C@@]4(O)[C@@H](OC(=O)c5ccccc5)[C@@H]5[C@]6(OC(C)=O)CO[C@@H]6C[C@H](OC)[C@@]5(C)C(=O)[C@H](OC)C(=C3C)C4(C)C)[C@H](c3ccccc3)N2C(=O)OC(C)(C)C)cc1. The van der Waals surface area contributed by atoms with E-state index in [1.54, 1.807) is 133 Å². The lowest BCUT2D eigenvalue weighted by molar-refractivity contribution is -0.347. The smallest absolute Gasteiger partial charge is 0.413 e. The van der Waals surface area contributed by atoms with Crippen LogP contribution in [0.3, 0.4) is 0 Å². The van der Waals surface area contributed by atoms with Gasteiger partial charge in [0.25, 0.3) is 0 Å². The number of methoxy groups -OCH3 is 3. The molecule has 2 saturated heterocycles. The number of hydrogen-bond acceptors (Lipinski definition) is 15. The van der Waals surface area contributed by atoms with Gasteiger partial charge < -0.3 is 47.7 Å². The molecule has 16 nitrogen and oxygen atoms in total. The minimum atomic E-state index is -2.22. The lowest BCUT2D eigenvalue weighted by Crippen LogP contribution is -2.82. The van der Waals surface area contributed by atoms with Crippen molar-refractivity contribution >= 4 is 29.8 Å². The third-order valence-electron chi connectivity index (χ3n) is 15.1. The zero-order valence-corrected chi connectivity index (χ0v) is 41.0. The summed E-state index contributed by atoms with van der Waals surface area (Å²) in [6.45, 7) is 13.1. The summed E-state index contributed by atoms with van der Waals surface area (Å²) in [5, 5.41) is 14.0. The number of ether oxygens (including phenoxy) is 9. The van der Waals surface area contributed by atoms with Crippen LogP contribution in [0.15, 0.2) is 96.1 Å². The molecule has 4 fully saturated rings. The van der Waals surface area contributed by atoms with E-state index in [0.29, 0.717) is 28.0 Å². The standard InChI is InChI=1S/C53H63NO15/c1-29-35(65-47(58)41-39(31-18-14-12-15-19-31)54(48(59)69-49(3,4)5)45(66-41)32-22-24-34(61-9)25-23-32)27-53(60)44(67-46(57)33-20-16-13-17-21-33)42-51(8,43(56)40(63-11)38(29)50(53,6)7)36(62-10)26-37-52(42,28-64-37)68-30(2)55/h12-25,35-37,39-42,44-45,60H,26-28H2,1-11H3/t35-,36-,37+,39-,40+,41+,42-,44-,45+,51+,52-,53+/m0/s1. The van der Waals surface area contributed by atoms with Gasteiger partial charge in [-0.3, -0.25) is 14.5 Å². The van der Waals surface area contributed by atoms with Crippen molar-refractivity contribution in [3.05, 3.63) is 113 Å². The highest BCUT2D eigenvalue weighted by molar-refractivity contribution is 5.94. The quantitative estimate of drug-likeness (QED) is 0.124. The minimum absolute atomic E-state index is 0.125. The van der Waals surface area contributed by atoms with Crippen LogP contribution in [0.5, 0.6) is 5.75 Å². The molecule has 2 aliphatic heterocycles. The zero-order valence-electron chi connectivity index (χ0n) is 41.0. The number of benzene rings is 3. The van der Waals surface area contributed by atoms with Crippen LogP contribution in [0.25, 0.3) is 0 Å². The topological polar surface area (TPSA) is 192 Å². The van der Waals surface area contributed by atoms with Gasteiger partial charge in [0, 0.05) is 45.0 Å². The number of rotatable bonds is 10. The first-order chi connectivity index (χ1) is 32.6. The second kappa shape index (κ2) is 18.3. The summed E-state index contributed by atoms with van der Waals surface area (Å²) in [5.41, 5.74) is -5.96. The molecule has 3 aliphatic carbocycles. The number of nitrogens with zero attached hydrogens (tertiary/aromatic N) is 1. The van der Waals surface area contributed by atoms with Crippen LogP contribution in [0, 0.1) is 16.7 Å². The molecule has 0 radical (unpaired) electrons. The Labute approximate surface area is 402 Å². The van der Waals surface area contributed by atoms with E-state index in [1.165, 1.54) is 33.2 Å². The monoisotopic (exact) mass is 953 g/mol. The first-order valence-electron chi connectivity index (χ1n) is 23.2. The van der Waals surface area contributed by atoms with E-state index >= 15 is 9.59 Å². The summed E-state index contributed by atoms with van der Waals surface area (Å²) in [6, 6.07) is 22.9. The van der Waals surface area contributed by atoms with Crippen molar-refractivity contribution < 1.29 is 71.7 Å². The van der Waals surface area contributed by atoms with E-state index in [4.69, 9.17) is 42.6 Å².